The van der Waals surface area contributed by atoms with E-state index < -0.39 is 10.9 Å². The molecule has 2 aromatic heterocycles. The van der Waals surface area contributed by atoms with Crippen molar-refractivity contribution in [2.75, 3.05) is 0 Å². The molecule has 0 aliphatic carbocycles. The molecule has 0 saturated carbocycles. The Kier molecular flexibility index (Phi) is 2.83. The van der Waals surface area contributed by atoms with Crippen LogP contribution >= 0.6 is 0 Å². The number of carboxylic acid groups (broad SMARTS) is 1. The highest BCUT2D eigenvalue weighted by Gasteiger charge is 2.15. The molecule has 3 aromatic rings. The highest BCUT2D eigenvalue weighted by molar-refractivity contribution is 5.92. The summed E-state index contributed by atoms with van der Waals surface area (Å²) in [6.45, 7) is 0. The summed E-state index contributed by atoms with van der Waals surface area (Å²) in [4.78, 5) is 29.4. The lowest BCUT2D eigenvalue weighted by Gasteiger charge is -1.96. The molecule has 0 unspecified atom stereocenters. The number of hydrogen-bond acceptors (Lipinski definition) is 5. The van der Waals surface area contributed by atoms with Crippen molar-refractivity contribution in [2.45, 2.75) is 0 Å². The smallest absolute Gasteiger partial charge is 0.358 e. The predicted molar refractivity (Wildman–Crippen MR) is 72.0 cm³/mol. The minimum atomic E-state index is -1.18. The Hall–Kier alpha value is -3.29. The number of nitro groups is 1. The second kappa shape index (κ2) is 4.67. The first kappa shape index (κ1) is 12.7. The van der Waals surface area contributed by atoms with Crippen LogP contribution < -0.4 is 0 Å². The Morgan fingerprint density at radius 3 is 2.90 bits per heavy atom. The average molecular weight is 284 g/mol. The van der Waals surface area contributed by atoms with Gasteiger partial charge in [0.15, 0.2) is 11.3 Å². The van der Waals surface area contributed by atoms with Gasteiger partial charge in [0.05, 0.1) is 10.6 Å². The van der Waals surface area contributed by atoms with Gasteiger partial charge >= 0.3 is 5.97 Å². The predicted octanol–water partition coefficient (Wildman–Crippen LogP) is 2.00. The first-order valence-corrected chi connectivity index (χ1v) is 5.88. The molecule has 2 heterocycles. The molecule has 0 bridgehead atoms. The van der Waals surface area contributed by atoms with Crippen LogP contribution in [0.25, 0.3) is 16.9 Å². The maximum atomic E-state index is 11.1. The standard InChI is InChI=1S/C13H8N4O4/c18-13(19)11-12-15-10(7-16(12)5-4-14-11)8-2-1-3-9(6-8)17(20)21/h1-7H,(H,18,19). The van der Waals surface area contributed by atoms with Gasteiger partial charge in [-0.15, -0.1) is 0 Å². The number of nitrogens with zero attached hydrogens (tertiary/aromatic N) is 4. The zero-order chi connectivity index (χ0) is 15.0. The quantitative estimate of drug-likeness (QED) is 0.581. The van der Waals surface area contributed by atoms with Gasteiger partial charge in [-0.2, -0.15) is 0 Å². The van der Waals surface area contributed by atoms with Crippen LogP contribution in [0.2, 0.25) is 0 Å². The second-order valence-corrected chi connectivity index (χ2v) is 4.25. The molecule has 0 saturated heterocycles. The fourth-order valence-corrected chi connectivity index (χ4v) is 1.99. The summed E-state index contributed by atoms with van der Waals surface area (Å²) in [5.41, 5.74) is 0.931. The highest BCUT2D eigenvalue weighted by Crippen LogP contribution is 2.24. The third kappa shape index (κ3) is 2.18. The van der Waals surface area contributed by atoms with Gasteiger partial charge in [0, 0.05) is 36.3 Å². The van der Waals surface area contributed by atoms with Crippen molar-refractivity contribution >= 4 is 17.3 Å². The maximum Gasteiger partial charge on any atom is 0.358 e. The summed E-state index contributed by atoms with van der Waals surface area (Å²) in [5.74, 6) is -1.18. The van der Waals surface area contributed by atoms with Gasteiger partial charge in [0.1, 0.15) is 0 Å². The SMILES string of the molecule is O=C(O)c1nccn2cc(-c3cccc([N+](=O)[O-])c3)nc12. The maximum absolute atomic E-state index is 11.1. The van der Waals surface area contributed by atoms with E-state index in [1.807, 2.05) is 0 Å². The van der Waals surface area contributed by atoms with Gasteiger partial charge in [-0.05, 0) is 0 Å². The fourth-order valence-electron chi connectivity index (χ4n) is 1.99. The topological polar surface area (TPSA) is 111 Å². The van der Waals surface area contributed by atoms with E-state index in [2.05, 4.69) is 9.97 Å². The summed E-state index contributed by atoms with van der Waals surface area (Å²) in [5, 5.41) is 19.9. The summed E-state index contributed by atoms with van der Waals surface area (Å²) in [7, 11) is 0. The van der Waals surface area contributed by atoms with Crippen LogP contribution in [0.15, 0.2) is 42.9 Å². The van der Waals surface area contributed by atoms with Crippen molar-refractivity contribution in [1.82, 2.24) is 14.4 Å². The number of carbonyl (C=O) groups is 1. The first-order valence-electron chi connectivity index (χ1n) is 5.88. The molecule has 1 N–H and O–H groups in total. The summed E-state index contributed by atoms with van der Waals surface area (Å²) in [6.07, 6.45) is 4.52. The molecule has 104 valence electrons. The molecule has 21 heavy (non-hydrogen) atoms. The second-order valence-electron chi connectivity index (χ2n) is 4.25. The number of imidazole rings is 1. The van der Waals surface area contributed by atoms with E-state index in [0.29, 0.717) is 11.3 Å². The van der Waals surface area contributed by atoms with Crippen molar-refractivity contribution in [3.05, 3.63) is 58.7 Å². The molecule has 0 spiro atoms. The van der Waals surface area contributed by atoms with Gasteiger partial charge in [-0.25, -0.2) is 14.8 Å². The molecule has 1 aromatic carbocycles. The lowest BCUT2D eigenvalue weighted by Crippen LogP contribution is -2.03. The minimum absolute atomic E-state index is 0.0545. The Bertz CT molecular complexity index is 871. The van der Waals surface area contributed by atoms with E-state index in [0.717, 1.165) is 0 Å². The number of carboxylic acids is 1. The number of hydrogen-bond donors (Lipinski definition) is 1. The highest BCUT2D eigenvalue weighted by atomic mass is 16.6. The zero-order valence-electron chi connectivity index (χ0n) is 10.5. The first-order chi connectivity index (χ1) is 10.1. The third-order valence-corrected chi connectivity index (χ3v) is 2.93. The molecule has 8 heteroatoms. The Morgan fingerprint density at radius 2 is 2.19 bits per heavy atom. The van der Waals surface area contributed by atoms with Crippen LogP contribution in [-0.4, -0.2) is 30.4 Å². The van der Waals surface area contributed by atoms with Gasteiger partial charge in [-0.3, -0.25) is 10.1 Å². The third-order valence-electron chi connectivity index (χ3n) is 2.93. The number of aromatic carboxylic acids is 1. The van der Waals surface area contributed by atoms with Gasteiger partial charge < -0.3 is 9.51 Å². The van der Waals surface area contributed by atoms with Crippen LogP contribution in [0.4, 0.5) is 5.69 Å². The van der Waals surface area contributed by atoms with Crippen LogP contribution in [0.3, 0.4) is 0 Å². The van der Waals surface area contributed by atoms with Crippen molar-refractivity contribution < 1.29 is 14.8 Å². The van der Waals surface area contributed by atoms with E-state index >= 15 is 0 Å². The van der Waals surface area contributed by atoms with Gasteiger partial charge in [0.25, 0.3) is 5.69 Å². The lowest BCUT2D eigenvalue weighted by atomic mass is 10.1. The minimum Gasteiger partial charge on any atom is -0.476 e. The Labute approximate surface area is 117 Å². The van der Waals surface area contributed by atoms with Gasteiger partial charge in [0.2, 0.25) is 0 Å². The lowest BCUT2D eigenvalue weighted by molar-refractivity contribution is -0.384. The average Bonchev–Trinajstić information content (AvgIpc) is 2.91. The molecule has 0 fully saturated rings. The van der Waals surface area contributed by atoms with E-state index in [9.17, 15) is 14.9 Å². The van der Waals surface area contributed by atoms with Crippen molar-refractivity contribution in [2.24, 2.45) is 0 Å². The molecule has 0 amide bonds. The monoisotopic (exact) mass is 284 g/mol. The van der Waals surface area contributed by atoms with E-state index in [-0.39, 0.29) is 17.0 Å². The molecule has 3 rings (SSSR count). The number of fused-ring (bicyclic) bond motifs is 1. The number of aromatic nitrogens is 3. The number of nitro benzene ring substituents is 1. The largest absolute Gasteiger partial charge is 0.476 e. The number of benzene rings is 1. The van der Waals surface area contributed by atoms with Crippen molar-refractivity contribution in [3.63, 3.8) is 0 Å². The van der Waals surface area contributed by atoms with E-state index in [1.54, 1.807) is 24.5 Å². The van der Waals surface area contributed by atoms with Crippen LogP contribution in [0.5, 0.6) is 0 Å². The Balaban J connectivity index is 2.18. The van der Waals surface area contributed by atoms with E-state index in [1.165, 1.54) is 22.7 Å². The van der Waals surface area contributed by atoms with Gasteiger partial charge in [-0.1, -0.05) is 12.1 Å². The molecular weight excluding hydrogens is 276 g/mol. The number of rotatable bonds is 3. The molecule has 0 aliphatic heterocycles. The van der Waals surface area contributed by atoms with Crippen LogP contribution in [-0.2, 0) is 0 Å². The summed E-state index contributed by atoms with van der Waals surface area (Å²) < 4.78 is 1.52. The molecule has 0 atom stereocenters. The van der Waals surface area contributed by atoms with Crippen molar-refractivity contribution in [3.8, 4) is 11.3 Å². The molecule has 0 radical (unpaired) electrons. The van der Waals surface area contributed by atoms with E-state index in [4.69, 9.17) is 5.11 Å². The summed E-state index contributed by atoms with van der Waals surface area (Å²) in [6, 6.07) is 5.98. The molecule has 0 aliphatic rings. The van der Waals surface area contributed by atoms with Crippen LogP contribution in [0, 0.1) is 10.1 Å². The van der Waals surface area contributed by atoms with Crippen LogP contribution in [0.1, 0.15) is 10.5 Å². The fraction of sp³-hybridized carbons (Fsp3) is 0. The Morgan fingerprint density at radius 1 is 1.38 bits per heavy atom. The molecular formula is C13H8N4O4. The molecule has 8 nitrogen and oxygen atoms in total. The van der Waals surface area contributed by atoms with Crippen molar-refractivity contribution in [1.29, 1.82) is 0 Å². The zero-order valence-corrected chi connectivity index (χ0v) is 10.5. The number of non-ortho nitro benzene ring substituents is 1. The summed E-state index contributed by atoms with van der Waals surface area (Å²) >= 11 is 0. The normalized spacial score (nSPS) is 10.7.